The normalized spacial score (nSPS) is 10.9. The van der Waals surface area contributed by atoms with Gasteiger partial charge in [-0.3, -0.25) is 9.48 Å². The molecule has 0 fully saturated rings. The highest BCUT2D eigenvalue weighted by Gasteiger charge is 2.03. The van der Waals surface area contributed by atoms with E-state index in [0.29, 0.717) is 15.7 Å². The quantitative estimate of drug-likeness (QED) is 0.883. The monoisotopic (exact) mass is 295 g/mol. The molecular weight excluding hydrogens is 285 g/mol. The molecule has 0 bridgehead atoms. The first-order valence-electron chi connectivity index (χ1n) is 5.47. The Morgan fingerprint density at radius 2 is 2.21 bits per heavy atom. The molecule has 1 amide bonds. The van der Waals surface area contributed by atoms with Gasteiger partial charge in [0.1, 0.15) is 0 Å². The lowest BCUT2D eigenvalue weighted by Gasteiger charge is -2.04. The maximum atomic E-state index is 11.7. The summed E-state index contributed by atoms with van der Waals surface area (Å²) >= 11 is 11.7. The maximum absolute atomic E-state index is 11.7. The van der Waals surface area contributed by atoms with E-state index in [9.17, 15) is 4.79 Å². The Morgan fingerprint density at radius 3 is 2.84 bits per heavy atom. The van der Waals surface area contributed by atoms with Gasteiger partial charge in [-0.15, -0.1) is 0 Å². The number of aryl methyl sites for hydroxylation is 1. The summed E-state index contributed by atoms with van der Waals surface area (Å²) in [6.07, 6.45) is 6.56. The van der Waals surface area contributed by atoms with Crippen LogP contribution >= 0.6 is 23.2 Å². The second kappa shape index (κ2) is 5.91. The molecule has 0 aliphatic carbocycles. The molecule has 0 atom stereocenters. The summed E-state index contributed by atoms with van der Waals surface area (Å²) in [4.78, 5) is 11.7. The molecule has 4 nitrogen and oxygen atoms in total. The van der Waals surface area contributed by atoms with Gasteiger partial charge in [0.05, 0.1) is 16.9 Å². The molecule has 19 heavy (non-hydrogen) atoms. The Bertz CT molecular complexity index is 635. The number of aromatic nitrogens is 2. The molecule has 1 aromatic carbocycles. The molecule has 6 heteroatoms. The van der Waals surface area contributed by atoms with Gasteiger partial charge < -0.3 is 5.32 Å². The summed E-state index contributed by atoms with van der Waals surface area (Å²) in [5.74, 6) is -0.270. The number of hydrogen-bond acceptors (Lipinski definition) is 2. The Hall–Kier alpha value is -1.78. The van der Waals surface area contributed by atoms with Crippen molar-refractivity contribution < 1.29 is 4.79 Å². The highest BCUT2D eigenvalue weighted by Crippen LogP contribution is 2.25. The van der Waals surface area contributed by atoms with Crippen molar-refractivity contribution in [2.45, 2.75) is 0 Å². The van der Waals surface area contributed by atoms with E-state index >= 15 is 0 Å². The minimum absolute atomic E-state index is 0.270. The first-order chi connectivity index (χ1) is 9.04. The van der Waals surface area contributed by atoms with Gasteiger partial charge >= 0.3 is 0 Å². The zero-order valence-electron chi connectivity index (χ0n) is 10.1. The van der Waals surface area contributed by atoms with Gasteiger partial charge in [-0.05, 0) is 24.3 Å². The molecule has 0 saturated heterocycles. The van der Waals surface area contributed by atoms with Crippen molar-refractivity contribution in [2.24, 2.45) is 7.05 Å². The number of carbonyl (C=O) groups is 1. The Balaban J connectivity index is 2.03. The molecule has 2 aromatic rings. The van der Waals surface area contributed by atoms with Crippen LogP contribution in [0, 0.1) is 0 Å². The van der Waals surface area contributed by atoms with E-state index in [4.69, 9.17) is 23.2 Å². The van der Waals surface area contributed by atoms with Crippen molar-refractivity contribution >= 4 is 40.9 Å². The number of hydrogen-bond donors (Lipinski definition) is 1. The van der Waals surface area contributed by atoms with Crippen molar-refractivity contribution in [1.29, 1.82) is 0 Å². The van der Waals surface area contributed by atoms with Crippen molar-refractivity contribution in [3.63, 3.8) is 0 Å². The maximum Gasteiger partial charge on any atom is 0.248 e. The minimum atomic E-state index is -0.270. The van der Waals surface area contributed by atoms with E-state index in [1.807, 2.05) is 7.05 Å². The summed E-state index contributed by atoms with van der Waals surface area (Å²) in [6.45, 7) is 0. The molecule has 1 heterocycles. The lowest BCUT2D eigenvalue weighted by atomic mass is 10.3. The number of nitrogens with one attached hydrogen (secondary N) is 1. The van der Waals surface area contributed by atoms with Crippen LogP contribution in [0.4, 0.5) is 5.69 Å². The van der Waals surface area contributed by atoms with Gasteiger partial charge in [-0.25, -0.2) is 0 Å². The number of rotatable bonds is 3. The Morgan fingerprint density at radius 1 is 1.42 bits per heavy atom. The zero-order valence-corrected chi connectivity index (χ0v) is 11.6. The van der Waals surface area contributed by atoms with E-state index in [2.05, 4.69) is 10.4 Å². The third kappa shape index (κ3) is 3.84. The lowest BCUT2D eigenvalue weighted by Crippen LogP contribution is -2.07. The molecular formula is C13H11Cl2N3O. The van der Waals surface area contributed by atoms with Gasteiger partial charge in [-0.2, -0.15) is 5.10 Å². The summed E-state index contributed by atoms with van der Waals surface area (Å²) in [5.41, 5.74) is 1.37. The molecule has 98 valence electrons. The van der Waals surface area contributed by atoms with Gasteiger partial charge in [0, 0.05) is 29.9 Å². The SMILES string of the molecule is Cn1cc(/C=C/C(=O)Nc2ccc(Cl)cc2Cl)cn1. The van der Waals surface area contributed by atoms with Gasteiger partial charge in [-0.1, -0.05) is 23.2 Å². The van der Waals surface area contributed by atoms with Crippen LogP contribution in [-0.4, -0.2) is 15.7 Å². The van der Waals surface area contributed by atoms with Crippen molar-refractivity contribution in [1.82, 2.24) is 9.78 Å². The topological polar surface area (TPSA) is 46.9 Å². The number of halogens is 2. The van der Waals surface area contributed by atoms with Crippen LogP contribution in [0.5, 0.6) is 0 Å². The smallest absolute Gasteiger partial charge is 0.248 e. The van der Waals surface area contributed by atoms with Gasteiger partial charge in [0.25, 0.3) is 0 Å². The third-order valence-corrected chi connectivity index (χ3v) is 2.89. The fraction of sp³-hybridized carbons (Fsp3) is 0.0769. The third-order valence-electron chi connectivity index (χ3n) is 2.34. The van der Waals surface area contributed by atoms with Gasteiger partial charge in [0.15, 0.2) is 0 Å². The van der Waals surface area contributed by atoms with Crippen LogP contribution in [-0.2, 0) is 11.8 Å². The average Bonchev–Trinajstić information content (AvgIpc) is 2.76. The summed E-state index contributed by atoms with van der Waals surface area (Å²) < 4.78 is 1.66. The average molecular weight is 296 g/mol. The van der Waals surface area contributed by atoms with E-state index in [1.165, 1.54) is 6.08 Å². The molecule has 0 aliphatic heterocycles. The summed E-state index contributed by atoms with van der Waals surface area (Å²) in [6, 6.07) is 4.89. The Kier molecular flexibility index (Phi) is 4.24. The van der Waals surface area contributed by atoms with Crippen LogP contribution in [0.1, 0.15) is 5.56 Å². The highest BCUT2D eigenvalue weighted by molar-refractivity contribution is 6.36. The number of nitrogens with zero attached hydrogens (tertiary/aromatic N) is 2. The van der Waals surface area contributed by atoms with Crippen LogP contribution in [0.2, 0.25) is 10.0 Å². The standard InChI is InChI=1S/C13H11Cl2N3O/c1-18-8-9(7-16-18)2-5-13(19)17-12-4-3-10(14)6-11(12)15/h2-8H,1H3,(H,17,19)/b5-2+. The molecule has 1 N–H and O–H groups in total. The largest absolute Gasteiger partial charge is 0.321 e. The van der Waals surface area contributed by atoms with E-state index in [-0.39, 0.29) is 5.91 Å². The van der Waals surface area contributed by atoms with Crippen LogP contribution in [0.15, 0.2) is 36.7 Å². The van der Waals surface area contributed by atoms with Crippen molar-refractivity contribution in [3.05, 3.63) is 52.3 Å². The first kappa shape index (κ1) is 13.6. The number of anilines is 1. The summed E-state index contributed by atoms with van der Waals surface area (Å²) in [5, 5.41) is 7.59. The number of carbonyl (C=O) groups excluding carboxylic acids is 1. The lowest BCUT2D eigenvalue weighted by molar-refractivity contribution is -0.111. The van der Waals surface area contributed by atoms with Crippen LogP contribution < -0.4 is 5.32 Å². The van der Waals surface area contributed by atoms with Gasteiger partial charge in [0.2, 0.25) is 5.91 Å². The highest BCUT2D eigenvalue weighted by atomic mass is 35.5. The van der Waals surface area contributed by atoms with Crippen LogP contribution in [0.25, 0.3) is 6.08 Å². The number of amides is 1. The molecule has 0 aliphatic rings. The fourth-order valence-electron chi connectivity index (χ4n) is 1.46. The molecule has 0 saturated carbocycles. The van der Waals surface area contributed by atoms with Crippen molar-refractivity contribution in [3.8, 4) is 0 Å². The summed E-state index contributed by atoms with van der Waals surface area (Å²) in [7, 11) is 1.81. The first-order valence-corrected chi connectivity index (χ1v) is 6.23. The predicted molar refractivity (Wildman–Crippen MR) is 77.3 cm³/mol. The fourth-order valence-corrected chi connectivity index (χ4v) is 1.92. The number of benzene rings is 1. The molecule has 0 radical (unpaired) electrons. The molecule has 2 rings (SSSR count). The molecule has 0 unspecified atom stereocenters. The van der Waals surface area contributed by atoms with E-state index in [1.54, 1.807) is 41.4 Å². The predicted octanol–water partition coefficient (Wildman–Crippen LogP) is 3.38. The minimum Gasteiger partial charge on any atom is -0.321 e. The molecule has 0 spiro atoms. The van der Waals surface area contributed by atoms with Crippen LogP contribution in [0.3, 0.4) is 0 Å². The van der Waals surface area contributed by atoms with Crippen molar-refractivity contribution in [2.75, 3.05) is 5.32 Å². The second-order valence-corrected chi connectivity index (χ2v) is 4.74. The van der Waals surface area contributed by atoms with E-state index in [0.717, 1.165) is 5.56 Å². The second-order valence-electron chi connectivity index (χ2n) is 3.89. The zero-order chi connectivity index (χ0) is 13.8. The van der Waals surface area contributed by atoms with E-state index < -0.39 is 0 Å². The molecule has 1 aromatic heterocycles. The Labute approximate surface area is 120 Å².